The van der Waals surface area contributed by atoms with Crippen molar-refractivity contribution in [3.8, 4) is 16.9 Å². The summed E-state index contributed by atoms with van der Waals surface area (Å²) in [7, 11) is 1.24. The van der Waals surface area contributed by atoms with Crippen molar-refractivity contribution in [1.29, 1.82) is 0 Å². The summed E-state index contributed by atoms with van der Waals surface area (Å²) < 4.78 is 26.8. The molecule has 1 amide bonds. The molecule has 2 N–H and O–H groups in total. The standard InChI is InChI=1S/C23H24Cl2FN5O3/c1-13(20-17(24)3-4-18(26)21(20)25)34-19-9-14(10-28-22(19)30-23(32)33-2)15-11-29-31(12-15)16-5-7-27-8-6-16/h3-4,9-13,16,27H,5-8H2,1-2H3,(H,28,30,32)/t13-/m1/s1. The highest BCUT2D eigenvalue weighted by molar-refractivity contribution is 6.36. The highest BCUT2D eigenvalue weighted by Crippen LogP contribution is 2.37. The van der Waals surface area contributed by atoms with Crippen molar-refractivity contribution < 1.29 is 18.7 Å². The SMILES string of the molecule is COC(=O)Nc1ncc(-c2cnn(C3CCNCC3)c2)cc1O[C@H](C)c1c(Cl)ccc(F)c1Cl. The van der Waals surface area contributed by atoms with Gasteiger partial charge in [-0.25, -0.2) is 14.2 Å². The van der Waals surface area contributed by atoms with Gasteiger partial charge in [0.2, 0.25) is 0 Å². The fourth-order valence-corrected chi connectivity index (χ4v) is 4.53. The quantitative estimate of drug-likeness (QED) is 0.420. The summed E-state index contributed by atoms with van der Waals surface area (Å²) in [6.45, 7) is 3.59. The zero-order valence-corrected chi connectivity index (χ0v) is 20.2. The van der Waals surface area contributed by atoms with Crippen LogP contribution in [0.4, 0.5) is 15.0 Å². The number of amides is 1. The van der Waals surface area contributed by atoms with Gasteiger partial charge < -0.3 is 14.8 Å². The molecular weight excluding hydrogens is 484 g/mol. The molecule has 180 valence electrons. The topological polar surface area (TPSA) is 90.3 Å². The number of anilines is 1. The van der Waals surface area contributed by atoms with E-state index in [1.165, 1.54) is 19.2 Å². The van der Waals surface area contributed by atoms with Crippen molar-refractivity contribution in [2.24, 2.45) is 0 Å². The number of nitrogens with zero attached hydrogens (tertiary/aromatic N) is 3. The fraction of sp³-hybridized carbons (Fsp3) is 0.348. The van der Waals surface area contributed by atoms with Crippen LogP contribution in [0.3, 0.4) is 0 Å². The summed E-state index contributed by atoms with van der Waals surface area (Å²) in [5.41, 5.74) is 1.86. The first-order valence-electron chi connectivity index (χ1n) is 10.8. The number of piperidine rings is 1. The highest BCUT2D eigenvalue weighted by atomic mass is 35.5. The van der Waals surface area contributed by atoms with Gasteiger partial charge in [-0.2, -0.15) is 5.10 Å². The van der Waals surface area contributed by atoms with E-state index in [1.807, 2.05) is 10.9 Å². The number of hydrogen-bond donors (Lipinski definition) is 2. The van der Waals surface area contributed by atoms with Gasteiger partial charge in [0.1, 0.15) is 11.9 Å². The highest BCUT2D eigenvalue weighted by Gasteiger charge is 2.22. The molecule has 1 fully saturated rings. The number of aromatic nitrogens is 3. The van der Waals surface area contributed by atoms with Crippen LogP contribution in [-0.4, -0.2) is 41.1 Å². The van der Waals surface area contributed by atoms with Crippen molar-refractivity contribution in [3.05, 3.63) is 58.2 Å². The molecule has 0 unspecified atom stereocenters. The summed E-state index contributed by atoms with van der Waals surface area (Å²) in [5, 5.41) is 10.5. The van der Waals surface area contributed by atoms with Gasteiger partial charge in [0.05, 0.1) is 24.4 Å². The molecule has 0 bridgehead atoms. The average molecular weight is 508 g/mol. The summed E-state index contributed by atoms with van der Waals surface area (Å²) in [5.74, 6) is -0.236. The van der Waals surface area contributed by atoms with E-state index in [9.17, 15) is 9.18 Å². The second-order valence-corrected chi connectivity index (χ2v) is 8.68. The number of methoxy groups -OCH3 is 1. The van der Waals surface area contributed by atoms with Gasteiger partial charge in [0.15, 0.2) is 11.6 Å². The monoisotopic (exact) mass is 507 g/mol. The molecule has 8 nitrogen and oxygen atoms in total. The molecule has 1 aliphatic heterocycles. The van der Waals surface area contributed by atoms with Crippen LogP contribution in [0.15, 0.2) is 36.8 Å². The molecule has 1 saturated heterocycles. The molecule has 3 aromatic rings. The van der Waals surface area contributed by atoms with Gasteiger partial charge in [-0.1, -0.05) is 23.2 Å². The van der Waals surface area contributed by atoms with Crippen LogP contribution in [0.25, 0.3) is 11.1 Å². The minimum Gasteiger partial charge on any atom is -0.482 e. The fourth-order valence-electron chi connectivity index (χ4n) is 3.86. The number of rotatable bonds is 6. The number of hydrogen-bond acceptors (Lipinski definition) is 6. The largest absolute Gasteiger partial charge is 0.482 e. The number of carbonyl (C=O) groups excluding carboxylic acids is 1. The Morgan fingerprint density at radius 2 is 2.03 bits per heavy atom. The van der Waals surface area contributed by atoms with Crippen LogP contribution in [-0.2, 0) is 4.74 Å². The molecule has 3 heterocycles. The molecular formula is C23H24Cl2FN5O3. The van der Waals surface area contributed by atoms with Gasteiger partial charge in [0.25, 0.3) is 0 Å². The summed E-state index contributed by atoms with van der Waals surface area (Å²) in [6, 6.07) is 4.65. The van der Waals surface area contributed by atoms with Gasteiger partial charge in [-0.05, 0) is 51.1 Å². The zero-order chi connectivity index (χ0) is 24.2. The Labute approximate surface area is 206 Å². The van der Waals surface area contributed by atoms with E-state index in [1.54, 1.807) is 25.4 Å². The van der Waals surface area contributed by atoms with Crippen LogP contribution in [0.1, 0.15) is 37.5 Å². The molecule has 11 heteroatoms. The predicted molar refractivity (Wildman–Crippen MR) is 128 cm³/mol. The Bertz CT molecular complexity index is 1180. The van der Waals surface area contributed by atoms with Crippen molar-refractivity contribution in [2.75, 3.05) is 25.5 Å². The van der Waals surface area contributed by atoms with Crippen LogP contribution in [0.5, 0.6) is 5.75 Å². The van der Waals surface area contributed by atoms with E-state index >= 15 is 0 Å². The third kappa shape index (κ3) is 5.27. The molecule has 2 aromatic heterocycles. The summed E-state index contributed by atoms with van der Waals surface area (Å²) in [6.07, 6.45) is 5.88. The number of pyridine rings is 1. The maximum Gasteiger partial charge on any atom is 0.412 e. The first-order chi connectivity index (χ1) is 16.4. The Kier molecular flexibility index (Phi) is 7.55. The number of halogens is 3. The molecule has 4 rings (SSSR count). The van der Waals surface area contributed by atoms with E-state index in [2.05, 4.69) is 25.5 Å². The molecule has 1 aliphatic rings. The lowest BCUT2D eigenvalue weighted by Crippen LogP contribution is -2.29. The van der Waals surface area contributed by atoms with Crippen molar-refractivity contribution >= 4 is 35.1 Å². The molecule has 0 aliphatic carbocycles. The maximum absolute atomic E-state index is 14.1. The van der Waals surface area contributed by atoms with E-state index in [-0.39, 0.29) is 27.2 Å². The lowest BCUT2D eigenvalue weighted by atomic mass is 10.1. The maximum atomic E-state index is 14.1. The van der Waals surface area contributed by atoms with Crippen molar-refractivity contribution in [3.63, 3.8) is 0 Å². The summed E-state index contributed by atoms with van der Waals surface area (Å²) >= 11 is 12.4. The lowest BCUT2D eigenvalue weighted by Gasteiger charge is -2.22. The molecule has 1 atom stereocenters. The zero-order valence-electron chi connectivity index (χ0n) is 18.6. The van der Waals surface area contributed by atoms with Crippen LogP contribution >= 0.6 is 23.2 Å². The van der Waals surface area contributed by atoms with Crippen LogP contribution in [0.2, 0.25) is 10.0 Å². The van der Waals surface area contributed by atoms with Gasteiger partial charge in [-0.3, -0.25) is 10.00 Å². The third-order valence-electron chi connectivity index (χ3n) is 5.67. The number of ether oxygens (including phenoxy) is 2. The normalized spacial score (nSPS) is 15.1. The summed E-state index contributed by atoms with van der Waals surface area (Å²) in [4.78, 5) is 16.2. The van der Waals surface area contributed by atoms with Crippen molar-refractivity contribution in [2.45, 2.75) is 31.9 Å². The lowest BCUT2D eigenvalue weighted by molar-refractivity contribution is 0.186. The second kappa shape index (κ2) is 10.6. The number of nitrogens with one attached hydrogen (secondary N) is 2. The Morgan fingerprint density at radius 3 is 2.76 bits per heavy atom. The van der Waals surface area contributed by atoms with Gasteiger partial charge >= 0.3 is 6.09 Å². The van der Waals surface area contributed by atoms with Crippen LogP contribution < -0.4 is 15.4 Å². The first kappa shape index (κ1) is 24.3. The minimum absolute atomic E-state index is 0.130. The van der Waals surface area contributed by atoms with E-state index in [0.717, 1.165) is 37.1 Å². The van der Waals surface area contributed by atoms with E-state index < -0.39 is 18.0 Å². The first-order valence-corrected chi connectivity index (χ1v) is 11.5. The number of benzene rings is 1. The number of carbonyl (C=O) groups is 1. The smallest absolute Gasteiger partial charge is 0.412 e. The van der Waals surface area contributed by atoms with E-state index in [0.29, 0.717) is 6.04 Å². The Balaban J connectivity index is 1.66. The molecule has 0 radical (unpaired) electrons. The molecule has 0 saturated carbocycles. The van der Waals surface area contributed by atoms with Gasteiger partial charge in [-0.15, -0.1) is 0 Å². The third-order valence-corrected chi connectivity index (χ3v) is 6.38. The molecule has 1 aromatic carbocycles. The minimum atomic E-state index is -0.747. The Morgan fingerprint density at radius 1 is 1.26 bits per heavy atom. The average Bonchev–Trinajstić information content (AvgIpc) is 3.33. The van der Waals surface area contributed by atoms with E-state index in [4.69, 9.17) is 27.9 Å². The molecule has 34 heavy (non-hydrogen) atoms. The molecule has 0 spiro atoms. The van der Waals surface area contributed by atoms with Crippen molar-refractivity contribution in [1.82, 2.24) is 20.1 Å². The predicted octanol–water partition coefficient (Wildman–Crippen LogP) is 5.63. The second-order valence-electron chi connectivity index (χ2n) is 7.89. The van der Waals surface area contributed by atoms with Gasteiger partial charge in [0, 0.05) is 34.1 Å². The Hall–Kier alpha value is -2.88. The van der Waals surface area contributed by atoms with Crippen LogP contribution in [0, 0.1) is 5.82 Å².